The lowest BCUT2D eigenvalue weighted by Crippen LogP contribution is -2.43. The minimum atomic E-state index is -0.0272. The van der Waals surface area contributed by atoms with Gasteiger partial charge in [0.15, 0.2) is 11.5 Å². The molecular weight excluding hydrogens is 504 g/mol. The van der Waals surface area contributed by atoms with Gasteiger partial charge in [-0.3, -0.25) is 4.79 Å². The second-order valence-corrected chi connectivity index (χ2v) is 10.4. The number of rotatable bonds is 14. The molecule has 0 aliphatic carbocycles. The van der Waals surface area contributed by atoms with Crippen LogP contribution in [0.15, 0.2) is 72.8 Å². The number of hydrogen-bond acceptors (Lipinski definition) is 6. The van der Waals surface area contributed by atoms with Crippen molar-refractivity contribution in [2.24, 2.45) is 5.92 Å². The number of benzene rings is 3. The summed E-state index contributed by atoms with van der Waals surface area (Å²) in [6.45, 7) is 7.91. The molecule has 0 spiro atoms. The molecule has 1 amide bonds. The lowest BCUT2D eigenvalue weighted by molar-refractivity contribution is 0.0129. The van der Waals surface area contributed by atoms with Gasteiger partial charge in [-0.15, -0.1) is 0 Å². The van der Waals surface area contributed by atoms with E-state index < -0.39 is 0 Å². The van der Waals surface area contributed by atoms with Crippen LogP contribution in [0.25, 0.3) is 11.1 Å². The monoisotopic (exact) mass is 546 g/mol. The summed E-state index contributed by atoms with van der Waals surface area (Å²) >= 11 is 0. The van der Waals surface area contributed by atoms with Gasteiger partial charge >= 0.3 is 0 Å². The molecule has 214 valence electrons. The summed E-state index contributed by atoms with van der Waals surface area (Å²) < 4.78 is 22.9. The molecule has 40 heavy (non-hydrogen) atoms. The Hall–Kier alpha value is -3.39. The van der Waals surface area contributed by atoms with E-state index >= 15 is 0 Å². The summed E-state index contributed by atoms with van der Waals surface area (Å²) in [4.78, 5) is 15.6. The second kappa shape index (κ2) is 14.8. The number of nitrogens with zero attached hydrogens (tertiary/aromatic N) is 1. The van der Waals surface area contributed by atoms with E-state index in [4.69, 9.17) is 18.9 Å². The summed E-state index contributed by atoms with van der Waals surface area (Å²) in [5, 5.41) is 3.47. The fourth-order valence-electron chi connectivity index (χ4n) is 5.02. The molecule has 2 atom stereocenters. The largest absolute Gasteiger partial charge is 0.493 e. The molecule has 1 heterocycles. The SMILES string of the molecule is COCCCOc1cc(C(=O)N(C[C@@H]2CNC[C@H]2OCc2cccc(-c3ccccc3)c2)C(C)C)ccc1OC. The van der Waals surface area contributed by atoms with Gasteiger partial charge in [0.25, 0.3) is 5.91 Å². The van der Waals surface area contributed by atoms with Crippen LogP contribution < -0.4 is 14.8 Å². The first kappa shape index (κ1) is 29.6. The Morgan fingerprint density at radius 2 is 1.73 bits per heavy atom. The molecule has 1 aliphatic heterocycles. The molecule has 3 aromatic carbocycles. The van der Waals surface area contributed by atoms with Crippen molar-refractivity contribution in [3.8, 4) is 22.6 Å². The van der Waals surface area contributed by atoms with E-state index in [9.17, 15) is 4.79 Å². The van der Waals surface area contributed by atoms with Crippen molar-refractivity contribution >= 4 is 5.91 Å². The molecule has 0 unspecified atom stereocenters. The van der Waals surface area contributed by atoms with Crippen molar-refractivity contribution in [1.82, 2.24) is 10.2 Å². The molecule has 0 aromatic heterocycles. The number of ether oxygens (including phenoxy) is 4. The Morgan fingerprint density at radius 1 is 0.925 bits per heavy atom. The minimum Gasteiger partial charge on any atom is -0.493 e. The van der Waals surface area contributed by atoms with E-state index in [0.29, 0.717) is 43.4 Å². The van der Waals surface area contributed by atoms with Crippen LogP contribution in [0.2, 0.25) is 0 Å². The third kappa shape index (κ3) is 7.84. The first-order valence-corrected chi connectivity index (χ1v) is 14.1. The number of carbonyl (C=O) groups excluding carboxylic acids is 1. The average Bonchev–Trinajstić information content (AvgIpc) is 3.44. The van der Waals surface area contributed by atoms with Crippen molar-refractivity contribution in [1.29, 1.82) is 0 Å². The lowest BCUT2D eigenvalue weighted by atomic mass is 10.0. The smallest absolute Gasteiger partial charge is 0.254 e. The van der Waals surface area contributed by atoms with E-state index in [2.05, 4.69) is 67.7 Å². The third-order valence-corrected chi connectivity index (χ3v) is 7.25. The number of nitrogens with one attached hydrogen (secondary N) is 1. The Kier molecular flexibility index (Phi) is 11.0. The zero-order valence-corrected chi connectivity index (χ0v) is 24.1. The van der Waals surface area contributed by atoms with Gasteiger partial charge in [0.2, 0.25) is 0 Å². The van der Waals surface area contributed by atoms with Gasteiger partial charge in [-0.2, -0.15) is 0 Å². The molecule has 1 aliphatic rings. The zero-order valence-electron chi connectivity index (χ0n) is 24.1. The lowest BCUT2D eigenvalue weighted by Gasteiger charge is -2.31. The molecule has 1 saturated heterocycles. The van der Waals surface area contributed by atoms with Crippen LogP contribution in [-0.2, 0) is 16.1 Å². The summed E-state index contributed by atoms with van der Waals surface area (Å²) in [5.74, 6) is 1.33. The van der Waals surface area contributed by atoms with Gasteiger partial charge in [0.1, 0.15) is 0 Å². The highest BCUT2D eigenvalue weighted by molar-refractivity contribution is 5.95. The predicted octanol–water partition coefficient (Wildman–Crippen LogP) is 5.43. The second-order valence-electron chi connectivity index (χ2n) is 10.4. The van der Waals surface area contributed by atoms with Crippen LogP contribution >= 0.6 is 0 Å². The predicted molar refractivity (Wildman–Crippen MR) is 158 cm³/mol. The normalized spacial score (nSPS) is 16.7. The molecule has 1 fully saturated rings. The Bertz CT molecular complexity index is 1220. The van der Waals surface area contributed by atoms with Gasteiger partial charge in [0.05, 0.1) is 26.4 Å². The maximum Gasteiger partial charge on any atom is 0.254 e. The third-order valence-electron chi connectivity index (χ3n) is 7.25. The van der Waals surface area contributed by atoms with E-state index in [1.54, 1.807) is 32.4 Å². The quantitative estimate of drug-likeness (QED) is 0.272. The molecule has 1 N–H and O–H groups in total. The van der Waals surface area contributed by atoms with E-state index in [0.717, 1.165) is 25.1 Å². The molecule has 0 radical (unpaired) electrons. The number of carbonyl (C=O) groups is 1. The maximum absolute atomic E-state index is 13.7. The van der Waals surface area contributed by atoms with Crippen LogP contribution in [-0.4, -0.2) is 70.0 Å². The first-order chi connectivity index (χ1) is 19.5. The highest BCUT2D eigenvalue weighted by Gasteiger charge is 2.32. The topological polar surface area (TPSA) is 69.3 Å². The van der Waals surface area contributed by atoms with Gasteiger partial charge in [0, 0.05) is 57.3 Å². The van der Waals surface area contributed by atoms with Crippen LogP contribution in [0.5, 0.6) is 11.5 Å². The molecule has 0 bridgehead atoms. The summed E-state index contributed by atoms with van der Waals surface area (Å²) in [5.41, 5.74) is 4.09. The van der Waals surface area contributed by atoms with Crippen molar-refractivity contribution in [3.63, 3.8) is 0 Å². The molecule has 0 saturated carbocycles. The fraction of sp³-hybridized carbons (Fsp3) is 0.424. The molecule has 4 rings (SSSR count). The highest BCUT2D eigenvalue weighted by Crippen LogP contribution is 2.30. The van der Waals surface area contributed by atoms with E-state index in [1.165, 1.54) is 11.1 Å². The molecule has 7 nitrogen and oxygen atoms in total. The van der Waals surface area contributed by atoms with Crippen molar-refractivity contribution in [2.45, 2.75) is 39.0 Å². The maximum atomic E-state index is 13.7. The number of methoxy groups -OCH3 is 2. The van der Waals surface area contributed by atoms with Crippen LogP contribution in [0.4, 0.5) is 0 Å². The zero-order chi connectivity index (χ0) is 28.3. The Morgan fingerprint density at radius 3 is 2.48 bits per heavy atom. The number of hydrogen-bond donors (Lipinski definition) is 1. The summed E-state index contributed by atoms with van der Waals surface area (Å²) in [6.07, 6.45) is 0.771. The van der Waals surface area contributed by atoms with Gasteiger partial charge in [-0.1, -0.05) is 48.5 Å². The molecule has 7 heteroatoms. The van der Waals surface area contributed by atoms with Crippen LogP contribution in [0.3, 0.4) is 0 Å². The van der Waals surface area contributed by atoms with Crippen molar-refractivity contribution in [3.05, 3.63) is 83.9 Å². The fourth-order valence-corrected chi connectivity index (χ4v) is 5.02. The van der Waals surface area contributed by atoms with Gasteiger partial charge < -0.3 is 29.2 Å². The Balaban J connectivity index is 1.41. The standard InChI is InChI=1S/C33H42N2O5/c1-24(2)35(33(36)28-14-15-30(38-4)31(19-28)39-17-9-16-37-3)22-29-20-34-21-32(29)40-23-25-10-8-13-27(18-25)26-11-6-5-7-12-26/h5-8,10-15,18-19,24,29,32,34H,9,16-17,20-23H2,1-4H3/t29-,32+/m0/s1. The summed E-state index contributed by atoms with van der Waals surface area (Å²) in [7, 11) is 3.27. The van der Waals surface area contributed by atoms with Crippen LogP contribution in [0.1, 0.15) is 36.2 Å². The molecular formula is C33H42N2O5. The van der Waals surface area contributed by atoms with Gasteiger partial charge in [-0.25, -0.2) is 0 Å². The summed E-state index contributed by atoms with van der Waals surface area (Å²) in [6, 6.07) is 24.3. The van der Waals surface area contributed by atoms with Gasteiger partial charge in [-0.05, 0) is 54.8 Å². The number of amides is 1. The Labute approximate surface area is 238 Å². The first-order valence-electron chi connectivity index (χ1n) is 14.1. The van der Waals surface area contributed by atoms with Crippen molar-refractivity contribution < 1.29 is 23.7 Å². The average molecular weight is 547 g/mol. The molecule has 3 aromatic rings. The highest BCUT2D eigenvalue weighted by atomic mass is 16.5. The van der Waals surface area contributed by atoms with Crippen LogP contribution in [0, 0.1) is 5.92 Å². The minimum absolute atomic E-state index is 0.0185. The van der Waals surface area contributed by atoms with E-state index in [1.807, 2.05) is 11.0 Å². The van der Waals surface area contributed by atoms with E-state index in [-0.39, 0.29) is 24.0 Å². The van der Waals surface area contributed by atoms with Crippen molar-refractivity contribution in [2.75, 3.05) is 47.1 Å².